The van der Waals surface area contributed by atoms with E-state index < -0.39 is 40.2 Å². The predicted octanol–water partition coefficient (Wildman–Crippen LogP) is 3.65. The maximum absolute atomic E-state index is 13.7. The van der Waals surface area contributed by atoms with Gasteiger partial charge in [-0.25, -0.2) is 4.79 Å². The first-order chi connectivity index (χ1) is 16.3. The van der Waals surface area contributed by atoms with Gasteiger partial charge < -0.3 is 19.0 Å². The first kappa shape index (κ1) is 25.1. The normalized spacial score (nSPS) is 34.5. The Morgan fingerprint density at radius 1 is 1.20 bits per heavy atom. The van der Waals surface area contributed by atoms with Crippen LogP contribution < -0.4 is 0 Å². The summed E-state index contributed by atoms with van der Waals surface area (Å²) in [6, 6.07) is 1.69. The van der Waals surface area contributed by atoms with Crippen molar-refractivity contribution < 1.29 is 38.2 Å². The van der Waals surface area contributed by atoms with Crippen molar-refractivity contribution in [2.75, 3.05) is 7.11 Å². The molecule has 0 amide bonds. The zero-order valence-corrected chi connectivity index (χ0v) is 20.8. The van der Waals surface area contributed by atoms with Crippen LogP contribution in [0.1, 0.15) is 65.0 Å². The van der Waals surface area contributed by atoms with Gasteiger partial charge in [-0.3, -0.25) is 14.4 Å². The molecule has 8 nitrogen and oxygen atoms in total. The van der Waals surface area contributed by atoms with Crippen LogP contribution in [-0.4, -0.2) is 41.3 Å². The molecule has 3 aliphatic rings. The molecule has 1 fully saturated rings. The number of aliphatic hydroxyl groups is 1. The van der Waals surface area contributed by atoms with Gasteiger partial charge in [0.15, 0.2) is 11.6 Å². The zero-order valence-electron chi connectivity index (χ0n) is 20.8. The third-order valence-corrected chi connectivity index (χ3v) is 8.19. The van der Waals surface area contributed by atoms with Crippen molar-refractivity contribution in [2.45, 2.75) is 65.1 Å². The molecule has 1 N–H and O–H groups in total. The summed E-state index contributed by atoms with van der Waals surface area (Å²) >= 11 is 0. The van der Waals surface area contributed by atoms with Crippen molar-refractivity contribution >= 4 is 23.5 Å². The van der Waals surface area contributed by atoms with E-state index in [-0.39, 0.29) is 42.5 Å². The minimum atomic E-state index is -1.82. The van der Waals surface area contributed by atoms with Crippen molar-refractivity contribution in [3.05, 3.63) is 47.5 Å². The Morgan fingerprint density at radius 3 is 2.54 bits per heavy atom. The van der Waals surface area contributed by atoms with E-state index in [9.17, 15) is 24.3 Å². The van der Waals surface area contributed by atoms with Crippen LogP contribution in [0.25, 0.3) is 0 Å². The van der Waals surface area contributed by atoms with Crippen molar-refractivity contribution in [2.24, 2.45) is 22.7 Å². The van der Waals surface area contributed by atoms with Gasteiger partial charge in [-0.2, -0.15) is 0 Å². The number of cyclic esters (lactones) is 1. The van der Waals surface area contributed by atoms with Crippen LogP contribution in [0, 0.1) is 22.7 Å². The van der Waals surface area contributed by atoms with Gasteiger partial charge >= 0.3 is 11.9 Å². The molecule has 0 radical (unpaired) electrons. The highest BCUT2D eigenvalue weighted by atomic mass is 16.5. The van der Waals surface area contributed by atoms with E-state index in [2.05, 4.69) is 0 Å². The number of methoxy groups -OCH3 is 1. The molecule has 5 atom stereocenters. The summed E-state index contributed by atoms with van der Waals surface area (Å²) in [5.41, 5.74) is -1.97. The van der Waals surface area contributed by atoms with E-state index in [4.69, 9.17) is 13.9 Å². The number of ketones is 2. The number of hydrogen-bond donors (Lipinski definition) is 1. The smallest absolute Gasteiger partial charge is 0.331 e. The van der Waals surface area contributed by atoms with E-state index in [1.54, 1.807) is 19.1 Å². The van der Waals surface area contributed by atoms with Crippen LogP contribution in [0.15, 0.2) is 46.3 Å². The SMILES string of the molecule is COC(=O)CC1C(C)C(=O)C(CC2(O)CCC3(C)C(=CC(=O)OC3c3ccoc3)C2=O)=CC1(C)C. The highest BCUT2D eigenvalue weighted by Gasteiger charge is 2.57. The molecule has 2 heterocycles. The second-order valence-corrected chi connectivity index (χ2v) is 10.9. The van der Waals surface area contributed by atoms with Crippen LogP contribution in [-0.2, 0) is 28.7 Å². The summed E-state index contributed by atoms with van der Waals surface area (Å²) in [6.45, 7) is 7.47. The minimum absolute atomic E-state index is 0.103. The number of fused-ring (bicyclic) bond motifs is 1. The molecule has 2 aliphatic carbocycles. The quantitative estimate of drug-likeness (QED) is 0.629. The van der Waals surface area contributed by atoms with Crippen LogP contribution >= 0.6 is 0 Å². The molecule has 1 aliphatic heterocycles. The Balaban J connectivity index is 1.64. The topological polar surface area (TPSA) is 120 Å². The molecule has 0 bridgehead atoms. The number of ether oxygens (including phenoxy) is 2. The fourth-order valence-corrected chi connectivity index (χ4v) is 6.06. The second kappa shape index (κ2) is 8.59. The van der Waals surface area contributed by atoms with Crippen molar-refractivity contribution in [3.8, 4) is 0 Å². The number of esters is 2. The molecule has 1 saturated carbocycles. The molecular weight excluding hydrogens is 452 g/mol. The number of furan rings is 1. The van der Waals surface area contributed by atoms with Gasteiger partial charge in [-0.05, 0) is 35.8 Å². The lowest BCUT2D eigenvalue weighted by Crippen LogP contribution is -2.53. The molecule has 5 unspecified atom stereocenters. The van der Waals surface area contributed by atoms with Crippen molar-refractivity contribution in [3.63, 3.8) is 0 Å². The summed E-state index contributed by atoms with van der Waals surface area (Å²) in [6.07, 6.45) is 5.62. The Labute approximate surface area is 204 Å². The maximum atomic E-state index is 13.7. The Bertz CT molecular complexity index is 1120. The van der Waals surface area contributed by atoms with Gasteiger partial charge in [0.1, 0.15) is 11.7 Å². The van der Waals surface area contributed by atoms with Crippen molar-refractivity contribution in [1.82, 2.24) is 0 Å². The van der Waals surface area contributed by atoms with Gasteiger partial charge in [0.2, 0.25) is 0 Å². The first-order valence-electron chi connectivity index (χ1n) is 11.9. The van der Waals surface area contributed by atoms with Crippen LogP contribution in [0.4, 0.5) is 0 Å². The molecular formula is C27H32O8. The third kappa shape index (κ3) is 4.18. The second-order valence-electron chi connectivity index (χ2n) is 10.9. The van der Waals surface area contributed by atoms with E-state index in [0.717, 1.165) is 0 Å². The molecule has 0 saturated heterocycles. The molecule has 4 rings (SSSR count). The van der Waals surface area contributed by atoms with E-state index in [0.29, 0.717) is 17.6 Å². The molecule has 8 heteroatoms. The molecule has 0 spiro atoms. The molecule has 35 heavy (non-hydrogen) atoms. The number of carbonyl (C=O) groups excluding carboxylic acids is 4. The summed E-state index contributed by atoms with van der Waals surface area (Å²) in [7, 11) is 1.32. The molecule has 1 aromatic rings. The number of carbonyl (C=O) groups is 4. The average molecular weight is 485 g/mol. The monoisotopic (exact) mass is 484 g/mol. The Kier molecular flexibility index (Phi) is 6.16. The Hall–Kier alpha value is -3.00. The van der Waals surface area contributed by atoms with Gasteiger partial charge in [0, 0.05) is 41.4 Å². The van der Waals surface area contributed by atoms with Gasteiger partial charge in [0.05, 0.1) is 19.6 Å². The van der Waals surface area contributed by atoms with Gasteiger partial charge in [-0.1, -0.05) is 33.8 Å². The fourth-order valence-electron chi connectivity index (χ4n) is 6.06. The largest absolute Gasteiger partial charge is 0.472 e. The summed E-state index contributed by atoms with van der Waals surface area (Å²) in [5, 5.41) is 11.5. The third-order valence-electron chi connectivity index (χ3n) is 8.19. The number of Topliss-reactive ketones (excluding diaryl/α,β-unsaturated/α-hetero) is 2. The lowest BCUT2D eigenvalue weighted by atomic mass is 9.58. The Morgan fingerprint density at radius 2 is 1.91 bits per heavy atom. The number of rotatable bonds is 5. The van der Waals surface area contributed by atoms with Crippen LogP contribution in [0.2, 0.25) is 0 Å². The number of allylic oxidation sites excluding steroid dienone is 1. The van der Waals surface area contributed by atoms with E-state index in [1.807, 2.05) is 20.8 Å². The first-order valence-corrected chi connectivity index (χ1v) is 11.9. The number of hydrogen-bond acceptors (Lipinski definition) is 8. The fraction of sp³-hybridized carbons (Fsp3) is 0.556. The summed E-state index contributed by atoms with van der Waals surface area (Å²) < 4.78 is 15.5. The summed E-state index contributed by atoms with van der Waals surface area (Å²) in [4.78, 5) is 51.3. The van der Waals surface area contributed by atoms with Gasteiger partial charge in [0.25, 0.3) is 0 Å². The maximum Gasteiger partial charge on any atom is 0.331 e. The highest BCUT2D eigenvalue weighted by molar-refractivity contribution is 6.09. The lowest BCUT2D eigenvalue weighted by molar-refractivity contribution is -0.160. The molecule has 1 aromatic heterocycles. The van der Waals surface area contributed by atoms with E-state index in [1.165, 1.54) is 25.7 Å². The standard InChI is InChI=1S/C27H32O8/c1-15-18(10-20(28)33-5)25(2,3)12-17(22(15)30)13-27(32)8-7-26(4)19(23(27)31)11-21(29)35-24(26)16-6-9-34-14-16/h6,9,11-12,14-15,18,24,32H,7-8,10,13H2,1-5H3. The van der Waals surface area contributed by atoms with Gasteiger partial charge in [-0.15, -0.1) is 0 Å². The average Bonchev–Trinajstić information content (AvgIpc) is 3.33. The van der Waals surface area contributed by atoms with E-state index >= 15 is 0 Å². The van der Waals surface area contributed by atoms with Crippen LogP contribution in [0.3, 0.4) is 0 Å². The molecule has 0 aromatic carbocycles. The zero-order chi connectivity index (χ0) is 25.8. The lowest BCUT2D eigenvalue weighted by Gasteiger charge is -2.48. The summed E-state index contributed by atoms with van der Waals surface area (Å²) in [5.74, 6) is -2.55. The highest BCUT2D eigenvalue weighted by Crippen LogP contribution is 2.55. The minimum Gasteiger partial charge on any atom is -0.472 e. The van der Waals surface area contributed by atoms with Crippen LogP contribution in [0.5, 0.6) is 0 Å². The molecule has 188 valence electrons. The predicted molar refractivity (Wildman–Crippen MR) is 124 cm³/mol. The van der Waals surface area contributed by atoms with Crippen molar-refractivity contribution in [1.29, 1.82) is 0 Å².